The average Bonchev–Trinajstić information content (AvgIpc) is 2.42. The van der Waals surface area contributed by atoms with E-state index < -0.39 is 11.6 Å². The summed E-state index contributed by atoms with van der Waals surface area (Å²) in [6, 6.07) is 8.66. The molecule has 0 saturated carbocycles. The van der Waals surface area contributed by atoms with Crippen LogP contribution in [-0.2, 0) is 19.1 Å². The fraction of sp³-hybridized carbons (Fsp3) is 0.500. The number of hydrogen-bond donors (Lipinski definition) is 1. The van der Waals surface area contributed by atoms with Crippen LogP contribution in [-0.4, -0.2) is 31.2 Å². The van der Waals surface area contributed by atoms with Crippen molar-refractivity contribution >= 4 is 11.9 Å². The van der Waals surface area contributed by atoms with E-state index >= 15 is 0 Å². The molecule has 0 heterocycles. The van der Waals surface area contributed by atoms with Crippen molar-refractivity contribution < 1.29 is 19.1 Å². The number of ether oxygens (including phenoxy) is 2. The van der Waals surface area contributed by atoms with Crippen LogP contribution in [0.15, 0.2) is 30.3 Å². The minimum atomic E-state index is -0.585. The Balaban J connectivity index is 2.56. The van der Waals surface area contributed by atoms with Gasteiger partial charge in [-0.05, 0) is 26.3 Å². The van der Waals surface area contributed by atoms with Gasteiger partial charge in [-0.15, -0.1) is 0 Å². The standard InChI is InChI=1S/C16H23NO4/c1-16(2,3)21-13(18)10-11-17-14(15(19)20-4)12-8-6-5-7-9-12/h5-9,14,17H,10-11H2,1-4H3. The lowest BCUT2D eigenvalue weighted by Crippen LogP contribution is -2.32. The number of carbonyl (C=O) groups excluding carboxylic acids is 2. The van der Waals surface area contributed by atoms with Crippen LogP contribution >= 0.6 is 0 Å². The lowest BCUT2D eigenvalue weighted by atomic mass is 10.1. The van der Waals surface area contributed by atoms with Gasteiger partial charge in [-0.2, -0.15) is 0 Å². The van der Waals surface area contributed by atoms with Gasteiger partial charge < -0.3 is 14.8 Å². The van der Waals surface area contributed by atoms with Crippen LogP contribution in [0.3, 0.4) is 0 Å². The first-order chi connectivity index (χ1) is 9.83. The number of methoxy groups -OCH3 is 1. The lowest BCUT2D eigenvalue weighted by molar-refractivity contribution is -0.155. The smallest absolute Gasteiger partial charge is 0.327 e. The highest BCUT2D eigenvalue weighted by molar-refractivity contribution is 5.77. The summed E-state index contributed by atoms with van der Waals surface area (Å²) < 4.78 is 10.0. The van der Waals surface area contributed by atoms with Gasteiger partial charge in [-0.3, -0.25) is 4.79 Å². The van der Waals surface area contributed by atoms with Crippen LogP contribution in [0.2, 0.25) is 0 Å². The number of esters is 2. The second kappa shape index (κ2) is 7.78. The first-order valence-corrected chi connectivity index (χ1v) is 6.91. The SMILES string of the molecule is COC(=O)C(NCCC(=O)OC(C)(C)C)c1ccccc1. The molecule has 1 N–H and O–H groups in total. The molecule has 0 aliphatic carbocycles. The van der Waals surface area contributed by atoms with E-state index in [4.69, 9.17) is 9.47 Å². The molecule has 0 bridgehead atoms. The topological polar surface area (TPSA) is 64.6 Å². The van der Waals surface area contributed by atoms with Gasteiger partial charge in [0.2, 0.25) is 0 Å². The second-order valence-electron chi connectivity index (χ2n) is 5.66. The quantitative estimate of drug-likeness (QED) is 0.815. The Kier molecular flexibility index (Phi) is 6.37. The molecule has 5 heteroatoms. The van der Waals surface area contributed by atoms with E-state index in [1.165, 1.54) is 7.11 Å². The zero-order valence-electron chi connectivity index (χ0n) is 13.0. The van der Waals surface area contributed by atoms with Gasteiger partial charge in [0.15, 0.2) is 0 Å². The van der Waals surface area contributed by atoms with E-state index in [1.54, 1.807) is 0 Å². The average molecular weight is 293 g/mol. The molecule has 0 aliphatic rings. The molecule has 0 amide bonds. The summed E-state index contributed by atoms with van der Waals surface area (Å²) in [6.45, 7) is 5.79. The van der Waals surface area contributed by atoms with Gasteiger partial charge in [0, 0.05) is 6.54 Å². The van der Waals surface area contributed by atoms with Crippen molar-refractivity contribution in [2.75, 3.05) is 13.7 Å². The number of hydrogen-bond acceptors (Lipinski definition) is 5. The number of rotatable bonds is 6. The number of nitrogens with one attached hydrogen (secondary N) is 1. The molecule has 116 valence electrons. The first kappa shape index (κ1) is 17.2. The molecule has 0 radical (unpaired) electrons. The summed E-state index contributed by atoms with van der Waals surface area (Å²) in [5, 5.41) is 3.03. The van der Waals surface area contributed by atoms with Gasteiger partial charge >= 0.3 is 11.9 Å². The van der Waals surface area contributed by atoms with E-state index in [2.05, 4.69) is 5.32 Å². The van der Waals surface area contributed by atoms with Crippen molar-refractivity contribution in [1.82, 2.24) is 5.32 Å². The van der Waals surface area contributed by atoms with E-state index in [0.29, 0.717) is 6.54 Å². The lowest BCUT2D eigenvalue weighted by Gasteiger charge is -2.20. The molecule has 0 aromatic heterocycles. The predicted molar refractivity (Wildman–Crippen MR) is 79.7 cm³/mol. The van der Waals surface area contributed by atoms with Crippen LogP contribution in [0.5, 0.6) is 0 Å². The Morgan fingerprint density at radius 1 is 1.19 bits per heavy atom. The monoisotopic (exact) mass is 293 g/mol. The van der Waals surface area contributed by atoms with Crippen LogP contribution < -0.4 is 5.32 Å². The van der Waals surface area contributed by atoms with Crippen molar-refractivity contribution in [3.8, 4) is 0 Å². The molecule has 1 aromatic rings. The van der Waals surface area contributed by atoms with Gasteiger partial charge in [-0.1, -0.05) is 30.3 Å². The third-order valence-corrected chi connectivity index (χ3v) is 2.67. The van der Waals surface area contributed by atoms with Crippen molar-refractivity contribution in [2.45, 2.75) is 38.8 Å². The van der Waals surface area contributed by atoms with Crippen molar-refractivity contribution in [2.24, 2.45) is 0 Å². The molecular formula is C16H23NO4. The zero-order chi connectivity index (χ0) is 15.9. The maximum Gasteiger partial charge on any atom is 0.327 e. The van der Waals surface area contributed by atoms with Crippen molar-refractivity contribution in [3.63, 3.8) is 0 Å². The number of benzene rings is 1. The largest absolute Gasteiger partial charge is 0.468 e. The molecule has 1 atom stereocenters. The molecule has 0 saturated heterocycles. The van der Waals surface area contributed by atoms with Crippen LogP contribution in [0.4, 0.5) is 0 Å². The zero-order valence-corrected chi connectivity index (χ0v) is 13.0. The van der Waals surface area contributed by atoms with Crippen LogP contribution in [0, 0.1) is 0 Å². The summed E-state index contributed by atoms with van der Waals surface area (Å²) >= 11 is 0. The number of carbonyl (C=O) groups is 2. The van der Waals surface area contributed by atoms with E-state index in [1.807, 2.05) is 51.1 Å². The Morgan fingerprint density at radius 2 is 1.81 bits per heavy atom. The van der Waals surface area contributed by atoms with Crippen molar-refractivity contribution in [1.29, 1.82) is 0 Å². The molecule has 1 aromatic carbocycles. The fourth-order valence-corrected chi connectivity index (χ4v) is 1.81. The molecule has 0 spiro atoms. The Hall–Kier alpha value is -1.88. The van der Waals surface area contributed by atoms with Crippen LogP contribution in [0.1, 0.15) is 38.8 Å². The molecule has 0 aliphatic heterocycles. The summed E-state index contributed by atoms with van der Waals surface area (Å²) in [4.78, 5) is 23.5. The summed E-state index contributed by atoms with van der Waals surface area (Å²) in [5.74, 6) is -0.683. The van der Waals surface area contributed by atoms with Gasteiger partial charge in [0.1, 0.15) is 11.6 Å². The highest BCUT2D eigenvalue weighted by atomic mass is 16.6. The van der Waals surface area contributed by atoms with Gasteiger partial charge in [-0.25, -0.2) is 4.79 Å². The minimum Gasteiger partial charge on any atom is -0.468 e. The maximum atomic E-state index is 11.8. The highest BCUT2D eigenvalue weighted by Gasteiger charge is 2.21. The van der Waals surface area contributed by atoms with Gasteiger partial charge in [0.25, 0.3) is 0 Å². The predicted octanol–water partition coefficient (Wildman–Crippen LogP) is 2.22. The van der Waals surface area contributed by atoms with Crippen LogP contribution in [0.25, 0.3) is 0 Å². The molecule has 1 rings (SSSR count). The van der Waals surface area contributed by atoms with Gasteiger partial charge in [0.05, 0.1) is 13.5 Å². The fourth-order valence-electron chi connectivity index (χ4n) is 1.81. The first-order valence-electron chi connectivity index (χ1n) is 6.91. The maximum absolute atomic E-state index is 11.8. The van der Waals surface area contributed by atoms with E-state index in [0.717, 1.165) is 5.56 Å². The Labute approximate surface area is 125 Å². The van der Waals surface area contributed by atoms with E-state index in [-0.39, 0.29) is 18.4 Å². The summed E-state index contributed by atoms with van der Waals surface area (Å²) in [7, 11) is 1.34. The Bertz CT molecular complexity index is 465. The molecular weight excluding hydrogens is 270 g/mol. The highest BCUT2D eigenvalue weighted by Crippen LogP contribution is 2.14. The Morgan fingerprint density at radius 3 is 2.33 bits per heavy atom. The van der Waals surface area contributed by atoms with E-state index in [9.17, 15) is 9.59 Å². The molecule has 21 heavy (non-hydrogen) atoms. The third-order valence-electron chi connectivity index (χ3n) is 2.67. The third kappa shape index (κ3) is 6.40. The molecule has 0 fully saturated rings. The normalized spacial score (nSPS) is 12.6. The molecule has 5 nitrogen and oxygen atoms in total. The molecule has 1 unspecified atom stereocenters. The van der Waals surface area contributed by atoms with Crippen molar-refractivity contribution in [3.05, 3.63) is 35.9 Å². The second-order valence-corrected chi connectivity index (χ2v) is 5.66. The summed E-state index contributed by atoms with van der Waals surface area (Å²) in [5.41, 5.74) is 0.298. The minimum absolute atomic E-state index is 0.192. The summed E-state index contributed by atoms with van der Waals surface area (Å²) in [6.07, 6.45) is 0.192.